The fourth-order valence-corrected chi connectivity index (χ4v) is 1.76. The summed E-state index contributed by atoms with van der Waals surface area (Å²) < 4.78 is 58.2. The first-order valence-electron chi connectivity index (χ1n) is 7.36. The van der Waals surface area contributed by atoms with Crippen molar-refractivity contribution in [2.75, 3.05) is 6.61 Å². The molecule has 0 aromatic heterocycles. The van der Waals surface area contributed by atoms with Crippen LogP contribution in [-0.2, 0) is 20.7 Å². The van der Waals surface area contributed by atoms with E-state index in [-0.39, 0.29) is 19.3 Å². The van der Waals surface area contributed by atoms with Gasteiger partial charge in [-0.15, -0.1) is 0 Å². The molecule has 0 bridgehead atoms. The second-order valence-corrected chi connectivity index (χ2v) is 5.01. The second-order valence-electron chi connectivity index (χ2n) is 5.01. The number of halogens is 4. The van der Waals surface area contributed by atoms with Gasteiger partial charge in [0.05, 0.1) is 0 Å². The third kappa shape index (κ3) is 6.55. The van der Waals surface area contributed by atoms with Crippen LogP contribution in [0.15, 0.2) is 24.3 Å². The Labute approximate surface area is 136 Å². The van der Waals surface area contributed by atoms with Crippen molar-refractivity contribution in [1.29, 1.82) is 0 Å². The quantitative estimate of drug-likeness (QED) is 0.386. The number of ether oxygens (including phenoxy) is 2. The smallest absolute Gasteiger partial charge is 0.340 e. The van der Waals surface area contributed by atoms with E-state index in [9.17, 15) is 27.2 Å². The molecule has 1 aromatic carbocycles. The number of hydrogen-bond acceptors (Lipinski definition) is 4. The highest BCUT2D eigenvalue weighted by atomic mass is 19.3. The van der Waals surface area contributed by atoms with Crippen LogP contribution in [0.1, 0.15) is 31.7 Å². The minimum absolute atomic E-state index is 0.00616. The number of benzene rings is 1. The number of esters is 2. The van der Waals surface area contributed by atoms with Crippen molar-refractivity contribution < 1.29 is 36.6 Å². The lowest BCUT2D eigenvalue weighted by molar-refractivity contribution is -0.179. The lowest BCUT2D eigenvalue weighted by Crippen LogP contribution is -2.33. The molecule has 0 radical (unpaired) electrons. The highest BCUT2D eigenvalue weighted by Crippen LogP contribution is 2.23. The monoisotopic (exact) mass is 350 g/mol. The number of carbonyl (C=O) groups excluding carboxylic acids is 2. The van der Waals surface area contributed by atoms with Crippen molar-refractivity contribution in [2.45, 2.75) is 45.0 Å². The number of para-hydroxylation sites is 1. The summed E-state index contributed by atoms with van der Waals surface area (Å²) in [5.41, 5.74) is 0.847. The van der Waals surface area contributed by atoms with Crippen molar-refractivity contribution >= 4 is 11.9 Å². The van der Waals surface area contributed by atoms with Gasteiger partial charge < -0.3 is 9.47 Å². The molecule has 24 heavy (non-hydrogen) atoms. The second kappa shape index (κ2) is 9.24. The average molecular weight is 350 g/mol. The van der Waals surface area contributed by atoms with E-state index in [4.69, 9.17) is 4.74 Å². The molecule has 0 aliphatic heterocycles. The van der Waals surface area contributed by atoms with Crippen molar-refractivity contribution in [2.24, 2.45) is 0 Å². The van der Waals surface area contributed by atoms with Crippen molar-refractivity contribution in [3.8, 4) is 5.75 Å². The first kappa shape index (κ1) is 19.9. The maximum atomic E-state index is 12.6. The van der Waals surface area contributed by atoms with E-state index in [1.54, 1.807) is 18.2 Å². The molecule has 0 unspecified atom stereocenters. The van der Waals surface area contributed by atoms with Gasteiger partial charge in [-0.25, -0.2) is 8.78 Å². The maximum Gasteiger partial charge on any atom is 0.340 e. The average Bonchev–Trinajstić information content (AvgIpc) is 2.53. The first-order chi connectivity index (χ1) is 11.3. The number of hydrogen-bond donors (Lipinski definition) is 0. The SMILES string of the molecule is CCc1ccccc1OC(=O)CCCC(=O)OCC(F)(F)C(F)F. The number of rotatable bonds is 9. The Morgan fingerprint density at radius 3 is 2.38 bits per heavy atom. The van der Waals surface area contributed by atoms with Crippen LogP contribution < -0.4 is 4.74 Å². The molecule has 0 heterocycles. The Balaban J connectivity index is 2.31. The Morgan fingerprint density at radius 2 is 1.75 bits per heavy atom. The van der Waals surface area contributed by atoms with Crippen molar-refractivity contribution in [3.63, 3.8) is 0 Å². The minimum Gasteiger partial charge on any atom is -0.459 e. The van der Waals surface area contributed by atoms with Gasteiger partial charge in [0.2, 0.25) is 0 Å². The molecule has 0 amide bonds. The van der Waals surface area contributed by atoms with E-state index >= 15 is 0 Å². The molecular weight excluding hydrogens is 332 g/mol. The molecule has 1 rings (SSSR count). The number of aryl methyl sites for hydroxylation is 1. The fourth-order valence-electron chi connectivity index (χ4n) is 1.76. The van der Waals surface area contributed by atoms with Crippen LogP contribution in [0, 0.1) is 0 Å². The predicted octanol–water partition coefficient (Wildman–Crippen LogP) is 3.77. The maximum absolute atomic E-state index is 12.6. The van der Waals surface area contributed by atoms with Gasteiger partial charge in [-0.05, 0) is 24.5 Å². The summed E-state index contributed by atoms with van der Waals surface area (Å²) in [6.07, 6.45) is -3.69. The Hall–Kier alpha value is -2.12. The number of carbonyl (C=O) groups is 2. The van der Waals surface area contributed by atoms with Crippen LogP contribution in [0.4, 0.5) is 17.6 Å². The van der Waals surface area contributed by atoms with Crippen LogP contribution in [-0.4, -0.2) is 30.9 Å². The lowest BCUT2D eigenvalue weighted by Gasteiger charge is -2.14. The van der Waals surface area contributed by atoms with Crippen LogP contribution in [0.5, 0.6) is 5.75 Å². The Bertz CT molecular complexity index is 561. The molecule has 0 saturated heterocycles. The van der Waals surface area contributed by atoms with E-state index in [0.29, 0.717) is 12.2 Å². The Kier molecular flexibility index (Phi) is 7.67. The van der Waals surface area contributed by atoms with Gasteiger partial charge in [-0.1, -0.05) is 25.1 Å². The van der Waals surface area contributed by atoms with E-state index in [1.165, 1.54) is 0 Å². The molecule has 0 atom stereocenters. The summed E-state index contributed by atoms with van der Waals surface area (Å²) in [7, 11) is 0. The molecule has 0 spiro atoms. The lowest BCUT2D eigenvalue weighted by atomic mass is 10.1. The highest BCUT2D eigenvalue weighted by Gasteiger charge is 2.42. The minimum atomic E-state index is -4.38. The van der Waals surface area contributed by atoms with Crippen LogP contribution in [0.3, 0.4) is 0 Å². The Morgan fingerprint density at radius 1 is 1.12 bits per heavy atom. The molecule has 4 nitrogen and oxygen atoms in total. The van der Waals surface area contributed by atoms with E-state index < -0.39 is 30.9 Å². The van der Waals surface area contributed by atoms with Gasteiger partial charge in [0, 0.05) is 12.8 Å². The van der Waals surface area contributed by atoms with Gasteiger partial charge in [-0.3, -0.25) is 9.59 Å². The zero-order valence-electron chi connectivity index (χ0n) is 13.1. The topological polar surface area (TPSA) is 52.6 Å². The third-order valence-electron chi connectivity index (χ3n) is 3.08. The molecule has 0 saturated carbocycles. The van der Waals surface area contributed by atoms with Crippen LogP contribution in [0.25, 0.3) is 0 Å². The van der Waals surface area contributed by atoms with Gasteiger partial charge in [-0.2, -0.15) is 8.78 Å². The van der Waals surface area contributed by atoms with Gasteiger partial charge in [0.1, 0.15) is 5.75 Å². The molecule has 8 heteroatoms. The van der Waals surface area contributed by atoms with E-state index in [1.807, 2.05) is 13.0 Å². The predicted molar refractivity (Wildman–Crippen MR) is 77.2 cm³/mol. The van der Waals surface area contributed by atoms with Gasteiger partial charge in [0.15, 0.2) is 6.61 Å². The summed E-state index contributed by atoms with van der Waals surface area (Å²) in [6.45, 7) is 0.218. The zero-order chi connectivity index (χ0) is 18.2. The van der Waals surface area contributed by atoms with E-state index in [2.05, 4.69) is 4.74 Å². The highest BCUT2D eigenvalue weighted by molar-refractivity contribution is 5.74. The van der Waals surface area contributed by atoms with Crippen LogP contribution in [0.2, 0.25) is 0 Å². The normalized spacial score (nSPS) is 11.4. The molecule has 0 aliphatic rings. The van der Waals surface area contributed by atoms with E-state index in [0.717, 1.165) is 5.56 Å². The summed E-state index contributed by atoms with van der Waals surface area (Å²) in [6, 6.07) is 6.96. The summed E-state index contributed by atoms with van der Waals surface area (Å²) in [4.78, 5) is 22.9. The molecule has 0 N–H and O–H groups in total. The first-order valence-corrected chi connectivity index (χ1v) is 7.36. The summed E-state index contributed by atoms with van der Waals surface area (Å²) in [5, 5.41) is 0. The standard InChI is InChI=1S/C16H18F4O4/c1-2-11-6-3-4-7-12(11)24-14(22)9-5-8-13(21)23-10-16(19,20)15(17)18/h3-4,6-7,15H,2,5,8-10H2,1H3. The van der Waals surface area contributed by atoms with Gasteiger partial charge >= 0.3 is 24.3 Å². The van der Waals surface area contributed by atoms with Crippen molar-refractivity contribution in [1.82, 2.24) is 0 Å². The molecule has 0 fully saturated rings. The molecule has 0 aliphatic carbocycles. The fraction of sp³-hybridized carbons (Fsp3) is 0.500. The molecule has 134 valence electrons. The summed E-state index contributed by atoms with van der Waals surface area (Å²) in [5.74, 6) is -5.61. The van der Waals surface area contributed by atoms with Gasteiger partial charge in [0.25, 0.3) is 0 Å². The van der Waals surface area contributed by atoms with Crippen LogP contribution >= 0.6 is 0 Å². The number of alkyl halides is 4. The summed E-state index contributed by atoms with van der Waals surface area (Å²) >= 11 is 0. The molecular formula is C16H18F4O4. The third-order valence-corrected chi connectivity index (χ3v) is 3.08. The van der Waals surface area contributed by atoms with Crippen molar-refractivity contribution in [3.05, 3.63) is 29.8 Å². The largest absolute Gasteiger partial charge is 0.459 e. The zero-order valence-corrected chi connectivity index (χ0v) is 13.1. The molecule has 1 aromatic rings.